The van der Waals surface area contributed by atoms with E-state index in [2.05, 4.69) is 5.32 Å². The molecule has 2 atom stereocenters. The molecule has 3 aliphatic rings. The summed E-state index contributed by atoms with van der Waals surface area (Å²) in [5, 5.41) is 2.99. The molecule has 2 amide bonds. The van der Waals surface area contributed by atoms with Crippen LogP contribution < -0.4 is 5.32 Å². The number of hydrogen-bond acceptors (Lipinski definition) is 2. The van der Waals surface area contributed by atoms with Gasteiger partial charge in [0.05, 0.1) is 0 Å². The molecule has 21 heavy (non-hydrogen) atoms. The molecule has 0 aromatic carbocycles. The van der Waals surface area contributed by atoms with Crippen LogP contribution in [0, 0.1) is 11.8 Å². The molecule has 118 valence electrons. The van der Waals surface area contributed by atoms with Crippen molar-refractivity contribution in [2.24, 2.45) is 11.8 Å². The fraction of sp³-hybridized carbons (Fsp3) is 0.875. The van der Waals surface area contributed by atoms with E-state index in [4.69, 9.17) is 0 Å². The standard InChI is InChI=1S/C16H25FN2O2/c1-16(12-7-8-12)15(21)19(10-9-17)13(14(20)18-16)11-5-3-2-4-6-11/h11-13H,2-10H2,1H3,(H,18,20). The highest BCUT2D eigenvalue weighted by Crippen LogP contribution is 2.43. The lowest BCUT2D eigenvalue weighted by Gasteiger charge is -2.47. The van der Waals surface area contributed by atoms with Crippen molar-refractivity contribution in [3.63, 3.8) is 0 Å². The normalized spacial score (nSPS) is 35.0. The van der Waals surface area contributed by atoms with E-state index >= 15 is 0 Å². The number of carbonyl (C=O) groups excluding carboxylic acids is 2. The maximum absolute atomic E-state index is 13.0. The Morgan fingerprint density at radius 1 is 1.19 bits per heavy atom. The number of hydrogen-bond donors (Lipinski definition) is 1. The monoisotopic (exact) mass is 296 g/mol. The predicted molar refractivity (Wildman–Crippen MR) is 77.3 cm³/mol. The Hall–Kier alpha value is -1.13. The molecular formula is C16H25FN2O2. The third-order valence-electron chi connectivity index (χ3n) is 5.51. The van der Waals surface area contributed by atoms with Crippen LogP contribution in [0.5, 0.6) is 0 Å². The topological polar surface area (TPSA) is 49.4 Å². The van der Waals surface area contributed by atoms with E-state index in [-0.39, 0.29) is 30.2 Å². The number of alkyl halides is 1. The van der Waals surface area contributed by atoms with Crippen molar-refractivity contribution in [2.75, 3.05) is 13.2 Å². The van der Waals surface area contributed by atoms with Crippen LogP contribution in [0.15, 0.2) is 0 Å². The number of rotatable bonds is 4. The zero-order valence-electron chi connectivity index (χ0n) is 12.7. The molecule has 1 saturated heterocycles. The van der Waals surface area contributed by atoms with Gasteiger partial charge in [-0.3, -0.25) is 9.59 Å². The fourth-order valence-electron chi connectivity index (χ4n) is 4.14. The molecule has 2 aliphatic carbocycles. The van der Waals surface area contributed by atoms with E-state index < -0.39 is 18.3 Å². The number of nitrogens with zero attached hydrogens (tertiary/aromatic N) is 1. The first-order valence-corrected chi connectivity index (χ1v) is 8.27. The first kappa shape index (κ1) is 14.8. The molecule has 0 aromatic rings. The Morgan fingerprint density at radius 3 is 2.43 bits per heavy atom. The Bertz CT molecular complexity index is 432. The molecule has 2 unspecified atom stereocenters. The molecule has 1 heterocycles. The molecule has 1 aliphatic heterocycles. The lowest BCUT2D eigenvalue weighted by Crippen LogP contribution is -2.71. The lowest BCUT2D eigenvalue weighted by atomic mass is 9.79. The Kier molecular flexibility index (Phi) is 3.93. The van der Waals surface area contributed by atoms with Crippen molar-refractivity contribution in [3.8, 4) is 0 Å². The van der Waals surface area contributed by atoms with E-state index in [9.17, 15) is 14.0 Å². The highest BCUT2D eigenvalue weighted by atomic mass is 19.1. The third-order valence-corrected chi connectivity index (χ3v) is 5.51. The molecule has 1 N–H and O–H groups in total. The molecule has 2 saturated carbocycles. The van der Waals surface area contributed by atoms with Gasteiger partial charge in [-0.25, -0.2) is 4.39 Å². The van der Waals surface area contributed by atoms with Crippen molar-refractivity contribution >= 4 is 11.8 Å². The van der Waals surface area contributed by atoms with E-state index in [0.717, 1.165) is 38.5 Å². The second-order valence-corrected chi connectivity index (χ2v) is 7.00. The van der Waals surface area contributed by atoms with Gasteiger partial charge in [0.2, 0.25) is 11.8 Å². The van der Waals surface area contributed by atoms with Crippen LogP contribution in [0.25, 0.3) is 0 Å². The van der Waals surface area contributed by atoms with Gasteiger partial charge >= 0.3 is 0 Å². The first-order chi connectivity index (χ1) is 10.1. The summed E-state index contributed by atoms with van der Waals surface area (Å²) in [5.41, 5.74) is -0.808. The van der Waals surface area contributed by atoms with E-state index in [1.807, 2.05) is 6.92 Å². The molecule has 0 spiro atoms. The van der Waals surface area contributed by atoms with Crippen LogP contribution in [0.1, 0.15) is 51.9 Å². The van der Waals surface area contributed by atoms with Crippen LogP contribution >= 0.6 is 0 Å². The molecule has 3 fully saturated rings. The van der Waals surface area contributed by atoms with Gasteiger partial charge in [-0.15, -0.1) is 0 Å². The summed E-state index contributed by atoms with van der Waals surface area (Å²) >= 11 is 0. The predicted octanol–water partition coefficient (Wildman–Crippen LogP) is 2.03. The van der Waals surface area contributed by atoms with Gasteiger partial charge < -0.3 is 10.2 Å². The van der Waals surface area contributed by atoms with Crippen LogP contribution in [0.3, 0.4) is 0 Å². The highest BCUT2D eigenvalue weighted by molar-refractivity contribution is 6.00. The third kappa shape index (κ3) is 2.55. The smallest absolute Gasteiger partial charge is 0.249 e. The minimum atomic E-state index is -0.808. The molecule has 5 heteroatoms. The number of carbonyl (C=O) groups is 2. The SMILES string of the molecule is CC1(C2CC2)NC(=O)C(C2CCCCC2)N(CCF)C1=O. The van der Waals surface area contributed by atoms with Crippen LogP contribution in [0.2, 0.25) is 0 Å². The quantitative estimate of drug-likeness (QED) is 0.863. The summed E-state index contributed by atoms with van der Waals surface area (Å²) in [5.74, 6) is 0.281. The highest BCUT2D eigenvalue weighted by Gasteiger charge is 2.56. The average molecular weight is 296 g/mol. The van der Waals surface area contributed by atoms with Gasteiger partial charge in [0.1, 0.15) is 18.3 Å². The van der Waals surface area contributed by atoms with Gasteiger partial charge in [0.25, 0.3) is 0 Å². The molecule has 0 bridgehead atoms. The van der Waals surface area contributed by atoms with E-state index in [0.29, 0.717) is 0 Å². The zero-order valence-corrected chi connectivity index (χ0v) is 12.7. The average Bonchev–Trinajstić information content (AvgIpc) is 3.31. The molecule has 4 nitrogen and oxygen atoms in total. The molecular weight excluding hydrogens is 271 g/mol. The second-order valence-electron chi connectivity index (χ2n) is 7.00. The number of amides is 2. The van der Waals surface area contributed by atoms with Gasteiger partial charge in [0.15, 0.2) is 0 Å². The summed E-state index contributed by atoms with van der Waals surface area (Å²) in [7, 11) is 0. The summed E-state index contributed by atoms with van der Waals surface area (Å²) in [6.07, 6.45) is 7.28. The van der Waals surface area contributed by atoms with Gasteiger partial charge in [-0.2, -0.15) is 0 Å². The van der Waals surface area contributed by atoms with Crippen molar-refractivity contribution in [1.29, 1.82) is 0 Å². The summed E-state index contributed by atoms with van der Waals surface area (Å²) in [6.45, 7) is 1.28. The second kappa shape index (κ2) is 5.58. The molecule has 0 aromatic heterocycles. The maximum atomic E-state index is 13.0. The van der Waals surface area contributed by atoms with Crippen molar-refractivity contribution in [2.45, 2.75) is 63.5 Å². The van der Waals surface area contributed by atoms with Gasteiger partial charge in [-0.1, -0.05) is 19.3 Å². The summed E-state index contributed by atoms with van der Waals surface area (Å²) < 4.78 is 13.0. The number of halogens is 1. The van der Waals surface area contributed by atoms with Gasteiger partial charge in [0, 0.05) is 6.54 Å². The minimum absolute atomic E-state index is 0.0513. The maximum Gasteiger partial charge on any atom is 0.249 e. The largest absolute Gasteiger partial charge is 0.340 e. The Balaban J connectivity index is 1.85. The van der Waals surface area contributed by atoms with Gasteiger partial charge in [-0.05, 0) is 44.4 Å². The van der Waals surface area contributed by atoms with Crippen LogP contribution in [-0.2, 0) is 9.59 Å². The molecule has 0 radical (unpaired) electrons. The number of piperazine rings is 1. The summed E-state index contributed by atoms with van der Waals surface area (Å²) in [6, 6.07) is -0.458. The minimum Gasteiger partial charge on any atom is -0.340 e. The van der Waals surface area contributed by atoms with E-state index in [1.54, 1.807) is 4.90 Å². The zero-order chi connectivity index (χ0) is 15.0. The van der Waals surface area contributed by atoms with E-state index in [1.165, 1.54) is 6.42 Å². The molecule has 3 rings (SSSR count). The Labute approximate surface area is 125 Å². The Morgan fingerprint density at radius 2 is 1.86 bits per heavy atom. The fourth-order valence-corrected chi connectivity index (χ4v) is 4.14. The summed E-state index contributed by atoms with van der Waals surface area (Å²) in [4.78, 5) is 27.1. The number of nitrogens with one attached hydrogen (secondary N) is 1. The van der Waals surface area contributed by atoms with Crippen LogP contribution in [-0.4, -0.2) is 41.5 Å². The first-order valence-electron chi connectivity index (χ1n) is 8.27. The van der Waals surface area contributed by atoms with Crippen molar-refractivity contribution in [3.05, 3.63) is 0 Å². The van der Waals surface area contributed by atoms with Crippen LogP contribution in [0.4, 0.5) is 4.39 Å². The lowest BCUT2D eigenvalue weighted by molar-refractivity contribution is -0.158. The van der Waals surface area contributed by atoms with Crippen molar-refractivity contribution in [1.82, 2.24) is 10.2 Å². The van der Waals surface area contributed by atoms with Crippen molar-refractivity contribution < 1.29 is 14.0 Å².